The van der Waals surface area contributed by atoms with E-state index >= 15 is 0 Å². The molecule has 0 aliphatic heterocycles. The molecule has 12 heavy (non-hydrogen) atoms. The predicted octanol–water partition coefficient (Wildman–Crippen LogP) is 1.32. The van der Waals surface area contributed by atoms with Crippen molar-refractivity contribution in [3.63, 3.8) is 0 Å². The quantitative estimate of drug-likeness (QED) is 0.415. The fourth-order valence-electron chi connectivity index (χ4n) is 0.701. The van der Waals surface area contributed by atoms with Crippen LogP contribution in [0.2, 0.25) is 0 Å². The zero-order chi connectivity index (χ0) is 8.91. The van der Waals surface area contributed by atoms with Crippen LogP contribution in [0.15, 0.2) is 11.5 Å². The molecule has 0 aromatic heterocycles. The molecule has 68 valence electrons. The average molecular weight is 202 g/mol. The minimum atomic E-state index is -3.98. The molecule has 0 spiro atoms. The summed E-state index contributed by atoms with van der Waals surface area (Å²) < 4.78 is 29.2. The summed E-state index contributed by atoms with van der Waals surface area (Å²) in [6, 6.07) is 0. The van der Waals surface area contributed by atoms with Gasteiger partial charge in [0.15, 0.2) is 0 Å². The fraction of sp³-hybridized carbons (Fsp3) is 0.714. The molecule has 5 heteroatoms. The third-order valence-electron chi connectivity index (χ3n) is 1.42. The second-order valence-corrected chi connectivity index (χ2v) is 4.00. The summed E-state index contributed by atoms with van der Waals surface area (Å²) in [6.45, 7) is 5.28. The Morgan fingerprint density at radius 2 is 1.92 bits per heavy atom. The molecule has 0 aromatic rings. The molecule has 0 saturated heterocycles. The summed E-state index contributed by atoms with van der Waals surface area (Å²) in [7, 11) is -3.98. The van der Waals surface area contributed by atoms with E-state index in [2.05, 4.69) is 6.58 Å². The molecular weight excluding hydrogens is 187 g/mol. The van der Waals surface area contributed by atoms with Crippen LogP contribution in [-0.4, -0.2) is 42.5 Å². The van der Waals surface area contributed by atoms with Crippen LogP contribution < -0.4 is 0 Å². The van der Waals surface area contributed by atoms with Gasteiger partial charge in [-0.05, 0) is 12.8 Å². The standard InChI is InChI=1S/C7H14O3S.Na.H/c1-3-4-5-6-7(2)11(8,9)10;;/h2-6H2,1H3,(H,8,9,10);;. The first kappa shape index (κ1) is 15.1. The second kappa shape index (κ2) is 7.09. The molecule has 0 amide bonds. The third-order valence-corrected chi connectivity index (χ3v) is 2.36. The van der Waals surface area contributed by atoms with Gasteiger partial charge in [-0.25, -0.2) is 0 Å². The first-order valence-corrected chi connectivity index (χ1v) is 5.07. The summed E-state index contributed by atoms with van der Waals surface area (Å²) in [5, 5.41) is 0. The van der Waals surface area contributed by atoms with E-state index in [0.29, 0.717) is 6.42 Å². The molecule has 0 atom stereocenters. The van der Waals surface area contributed by atoms with Gasteiger partial charge >= 0.3 is 29.6 Å². The monoisotopic (exact) mass is 202 g/mol. The third kappa shape index (κ3) is 7.31. The molecule has 0 heterocycles. The van der Waals surface area contributed by atoms with Gasteiger partial charge in [0, 0.05) is 0 Å². The van der Waals surface area contributed by atoms with E-state index in [4.69, 9.17) is 4.55 Å². The van der Waals surface area contributed by atoms with Crippen molar-refractivity contribution in [3.05, 3.63) is 11.5 Å². The van der Waals surface area contributed by atoms with Gasteiger partial charge in [0.25, 0.3) is 10.1 Å². The molecule has 0 radical (unpaired) electrons. The van der Waals surface area contributed by atoms with E-state index in [1.807, 2.05) is 6.92 Å². The number of rotatable bonds is 5. The summed E-state index contributed by atoms with van der Waals surface area (Å²) in [5.41, 5.74) is 0. The molecule has 0 bridgehead atoms. The Bertz CT molecular complexity index is 221. The summed E-state index contributed by atoms with van der Waals surface area (Å²) >= 11 is 0. The molecule has 0 aliphatic carbocycles. The van der Waals surface area contributed by atoms with Gasteiger partial charge in [-0.15, -0.1) is 0 Å². The van der Waals surface area contributed by atoms with Crippen LogP contribution in [-0.2, 0) is 10.1 Å². The van der Waals surface area contributed by atoms with Gasteiger partial charge in [-0.2, -0.15) is 8.42 Å². The Morgan fingerprint density at radius 3 is 2.25 bits per heavy atom. The van der Waals surface area contributed by atoms with Crippen LogP contribution in [0.1, 0.15) is 32.6 Å². The van der Waals surface area contributed by atoms with Crippen molar-refractivity contribution in [3.8, 4) is 0 Å². The van der Waals surface area contributed by atoms with E-state index < -0.39 is 10.1 Å². The predicted molar refractivity (Wildman–Crippen MR) is 52.0 cm³/mol. The molecule has 0 saturated carbocycles. The maximum absolute atomic E-state index is 10.4. The summed E-state index contributed by atoms with van der Waals surface area (Å²) in [4.78, 5) is -0.0778. The van der Waals surface area contributed by atoms with Crippen molar-refractivity contribution >= 4 is 39.7 Å². The van der Waals surface area contributed by atoms with Crippen LogP contribution in [0.25, 0.3) is 0 Å². The van der Waals surface area contributed by atoms with Crippen molar-refractivity contribution in [2.24, 2.45) is 0 Å². The van der Waals surface area contributed by atoms with Gasteiger partial charge < -0.3 is 0 Å². The van der Waals surface area contributed by atoms with E-state index in [1.54, 1.807) is 0 Å². The Labute approximate surface area is 96.3 Å². The average Bonchev–Trinajstić information content (AvgIpc) is 1.86. The zero-order valence-electron chi connectivity index (χ0n) is 6.71. The van der Waals surface area contributed by atoms with Crippen LogP contribution in [0.3, 0.4) is 0 Å². The molecular formula is C7H15NaO3S. The Hall–Kier alpha value is 0.650. The Balaban J connectivity index is 0. The normalized spacial score (nSPS) is 10.5. The molecule has 0 unspecified atom stereocenters. The van der Waals surface area contributed by atoms with Crippen molar-refractivity contribution in [2.45, 2.75) is 32.6 Å². The summed E-state index contributed by atoms with van der Waals surface area (Å²) in [6.07, 6.45) is 3.13. The van der Waals surface area contributed by atoms with E-state index in [-0.39, 0.29) is 34.5 Å². The molecule has 0 fully saturated rings. The van der Waals surface area contributed by atoms with E-state index in [9.17, 15) is 8.42 Å². The molecule has 0 aromatic carbocycles. The van der Waals surface area contributed by atoms with Gasteiger partial charge in [-0.3, -0.25) is 4.55 Å². The minimum absolute atomic E-state index is 0. The van der Waals surface area contributed by atoms with Crippen molar-refractivity contribution in [2.75, 3.05) is 0 Å². The second-order valence-electron chi connectivity index (χ2n) is 2.47. The Kier molecular flexibility index (Phi) is 8.95. The zero-order valence-corrected chi connectivity index (χ0v) is 7.52. The molecule has 1 N–H and O–H groups in total. The molecule has 0 aliphatic rings. The van der Waals surface area contributed by atoms with Gasteiger partial charge in [0.05, 0.1) is 4.91 Å². The number of allylic oxidation sites excluding steroid dienone is 1. The van der Waals surface area contributed by atoms with Crippen LogP contribution in [0, 0.1) is 0 Å². The van der Waals surface area contributed by atoms with Crippen LogP contribution in [0.5, 0.6) is 0 Å². The van der Waals surface area contributed by atoms with Crippen molar-refractivity contribution in [1.82, 2.24) is 0 Å². The van der Waals surface area contributed by atoms with Crippen LogP contribution >= 0.6 is 0 Å². The van der Waals surface area contributed by atoms with Crippen molar-refractivity contribution < 1.29 is 13.0 Å². The van der Waals surface area contributed by atoms with Gasteiger partial charge in [0.2, 0.25) is 0 Å². The van der Waals surface area contributed by atoms with E-state index in [1.165, 1.54) is 0 Å². The number of hydrogen-bond donors (Lipinski definition) is 1. The fourth-order valence-corrected chi connectivity index (χ4v) is 1.10. The van der Waals surface area contributed by atoms with Crippen molar-refractivity contribution in [1.29, 1.82) is 0 Å². The molecule has 0 rings (SSSR count). The SMILES string of the molecule is C=C(CCCCC)S(=O)(=O)O.[NaH]. The van der Waals surface area contributed by atoms with Crippen LogP contribution in [0.4, 0.5) is 0 Å². The topological polar surface area (TPSA) is 54.4 Å². The first-order valence-electron chi connectivity index (χ1n) is 3.63. The molecule has 3 nitrogen and oxygen atoms in total. The first-order chi connectivity index (χ1) is 4.98. The van der Waals surface area contributed by atoms with E-state index in [0.717, 1.165) is 19.3 Å². The summed E-state index contributed by atoms with van der Waals surface area (Å²) in [5.74, 6) is 0. The van der Waals surface area contributed by atoms with Gasteiger partial charge in [0.1, 0.15) is 0 Å². The Morgan fingerprint density at radius 1 is 1.42 bits per heavy atom. The maximum atomic E-state index is 10.4. The van der Waals surface area contributed by atoms with Gasteiger partial charge in [-0.1, -0.05) is 26.3 Å². The number of hydrogen-bond acceptors (Lipinski definition) is 2. The number of unbranched alkanes of at least 4 members (excludes halogenated alkanes) is 2.